The molecule has 0 aliphatic carbocycles. The van der Waals surface area contributed by atoms with E-state index >= 15 is 0 Å². The molecule has 1 N–H and O–H groups in total. The number of rotatable bonds is 8. The molecule has 2 aromatic carbocycles. The normalized spacial score (nSPS) is 10.4. The molecule has 0 spiro atoms. The van der Waals surface area contributed by atoms with Crippen molar-refractivity contribution in [1.29, 1.82) is 0 Å². The van der Waals surface area contributed by atoms with Crippen molar-refractivity contribution >= 4 is 0 Å². The first kappa shape index (κ1) is 15.4. The topological polar surface area (TPSA) is 30.5 Å². The van der Waals surface area contributed by atoms with Crippen LogP contribution in [0, 0.1) is 6.92 Å². The van der Waals surface area contributed by atoms with Crippen molar-refractivity contribution in [3.05, 3.63) is 59.7 Å². The molecule has 2 rings (SSSR count). The van der Waals surface area contributed by atoms with E-state index in [1.54, 1.807) is 0 Å². The maximum Gasteiger partial charge on any atom is 0.119 e. The van der Waals surface area contributed by atoms with E-state index < -0.39 is 0 Å². The van der Waals surface area contributed by atoms with Crippen LogP contribution in [0.5, 0.6) is 11.5 Å². The summed E-state index contributed by atoms with van der Waals surface area (Å²) in [5.74, 6) is 1.84. The molecule has 3 nitrogen and oxygen atoms in total. The van der Waals surface area contributed by atoms with Crippen LogP contribution >= 0.6 is 0 Å². The van der Waals surface area contributed by atoms with Crippen LogP contribution in [0.3, 0.4) is 0 Å². The summed E-state index contributed by atoms with van der Waals surface area (Å²) in [5.41, 5.74) is 2.44. The van der Waals surface area contributed by atoms with Gasteiger partial charge in [0.2, 0.25) is 0 Å². The van der Waals surface area contributed by atoms with Crippen molar-refractivity contribution in [2.24, 2.45) is 0 Å². The number of hydrogen-bond donors (Lipinski definition) is 1. The Balaban J connectivity index is 1.69. The lowest BCUT2D eigenvalue weighted by Crippen LogP contribution is -2.07. The highest BCUT2D eigenvalue weighted by atomic mass is 16.5. The maximum absolute atomic E-state index is 5.75. The fourth-order valence-corrected chi connectivity index (χ4v) is 2.09. The Morgan fingerprint density at radius 2 is 1.57 bits per heavy atom. The van der Waals surface area contributed by atoms with Crippen molar-refractivity contribution in [3.8, 4) is 11.5 Å². The first-order valence-corrected chi connectivity index (χ1v) is 7.34. The van der Waals surface area contributed by atoms with E-state index in [0.717, 1.165) is 24.5 Å². The summed E-state index contributed by atoms with van der Waals surface area (Å²) in [6.07, 6.45) is 0.865. The highest BCUT2D eigenvalue weighted by Crippen LogP contribution is 2.14. The van der Waals surface area contributed by atoms with Crippen molar-refractivity contribution in [2.45, 2.75) is 19.9 Å². The van der Waals surface area contributed by atoms with Crippen LogP contribution in [0.2, 0.25) is 0 Å². The van der Waals surface area contributed by atoms with Crippen LogP contribution in [-0.2, 0) is 6.54 Å². The number of aryl methyl sites for hydroxylation is 1. The maximum atomic E-state index is 5.75. The third-order valence-corrected chi connectivity index (χ3v) is 3.10. The third kappa shape index (κ3) is 5.48. The number of benzene rings is 2. The summed E-state index contributed by atoms with van der Waals surface area (Å²) >= 11 is 0. The van der Waals surface area contributed by atoms with Gasteiger partial charge in [-0.2, -0.15) is 0 Å². The van der Waals surface area contributed by atoms with Crippen molar-refractivity contribution < 1.29 is 9.47 Å². The molecule has 0 amide bonds. The molecule has 0 aromatic heterocycles. The van der Waals surface area contributed by atoms with E-state index in [0.29, 0.717) is 13.2 Å². The smallest absolute Gasteiger partial charge is 0.119 e. The molecule has 0 saturated carbocycles. The number of hydrogen-bond acceptors (Lipinski definition) is 3. The average Bonchev–Trinajstić information content (AvgIpc) is 2.48. The molecule has 0 saturated heterocycles. The average molecular weight is 285 g/mol. The van der Waals surface area contributed by atoms with Crippen LogP contribution in [0.4, 0.5) is 0 Å². The Hall–Kier alpha value is -2.00. The lowest BCUT2D eigenvalue weighted by atomic mass is 10.2. The molecule has 21 heavy (non-hydrogen) atoms. The van der Waals surface area contributed by atoms with Crippen molar-refractivity contribution in [1.82, 2.24) is 5.32 Å². The van der Waals surface area contributed by atoms with Gasteiger partial charge in [-0.25, -0.2) is 0 Å². The number of ether oxygens (including phenoxy) is 2. The minimum Gasteiger partial charge on any atom is -0.493 e. The standard InChI is InChI=1S/C18H23NO2/c1-15-6-3-8-17(12-15)20-10-5-11-21-18-9-4-7-16(13-18)14-19-2/h3-4,6-9,12-13,19H,5,10-11,14H2,1-2H3. The van der Waals surface area contributed by atoms with E-state index in [4.69, 9.17) is 9.47 Å². The Kier molecular flexibility index (Phi) is 6.10. The van der Waals surface area contributed by atoms with Gasteiger partial charge < -0.3 is 14.8 Å². The quantitative estimate of drug-likeness (QED) is 0.752. The van der Waals surface area contributed by atoms with Gasteiger partial charge >= 0.3 is 0 Å². The highest BCUT2D eigenvalue weighted by Gasteiger charge is 1.98. The van der Waals surface area contributed by atoms with Crippen LogP contribution in [-0.4, -0.2) is 20.3 Å². The zero-order valence-electron chi connectivity index (χ0n) is 12.8. The van der Waals surface area contributed by atoms with Gasteiger partial charge in [0.05, 0.1) is 13.2 Å². The predicted molar refractivity (Wildman–Crippen MR) is 86.0 cm³/mol. The summed E-state index contributed by atoms with van der Waals surface area (Å²) < 4.78 is 11.4. The second kappa shape index (κ2) is 8.32. The van der Waals surface area contributed by atoms with Crippen LogP contribution in [0.15, 0.2) is 48.5 Å². The molecule has 0 heterocycles. The van der Waals surface area contributed by atoms with Gasteiger partial charge in [-0.15, -0.1) is 0 Å². The van der Waals surface area contributed by atoms with E-state index in [2.05, 4.69) is 30.4 Å². The minimum atomic E-state index is 0.662. The van der Waals surface area contributed by atoms with Gasteiger partial charge in [0.1, 0.15) is 11.5 Å². The van der Waals surface area contributed by atoms with Gasteiger partial charge in [-0.3, -0.25) is 0 Å². The van der Waals surface area contributed by atoms with E-state index in [1.807, 2.05) is 37.4 Å². The second-order valence-electron chi connectivity index (χ2n) is 5.04. The molecule has 112 valence electrons. The van der Waals surface area contributed by atoms with Crippen molar-refractivity contribution in [2.75, 3.05) is 20.3 Å². The van der Waals surface area contributed by atoms with Crippen LogP contribution in [0.1, 0.15) is 17.5 Å². The Bertz CT molecular complexity index is 554. The Morgan fingerprint density at radius 1 is 0.905 bits per heavy atom. The van der Waals surface area contributed by atoms with E-state index in [1.165, 1.54) is 11.1 Å². The summed E-state index contributed by atoms with van der Waals surface area (Å²) in [4.78, 5) is 0. The fraction of sp³-hybridized carbons (Fsp3) is 0.333. The second-order valence-corrected chi connectivity index (χ2v) is 5.04. The molecular weight excluding hydrogens is 262 g/mol. The van der Waals surface area contributed by atoms with E-state index in [9.17, 15) is 0 Å². The predicted octanol–water partition coefficient (Wildman–Crippen LogP) is 3.56. The summed E-state index contributed by atoms with van der Waals surface area (Å²) in [6, 6.07) is 16.3. The molecule has 3 heteroatoms. The molecule has 2 aromatic rings. The molecule has 0 fully saturated rings. The molecule has 0 aliphatic heterocycles. The van der Waals surface area contributed by atoms with E-state index in [-0.39, 0.29) is 0 Å². The highest BCUT2D eigenvalue weighted by molar-refractivity contribution is 5.28. The Labute approximate surface area is 126 Å². The zero-order chi connectivity index (χ0) is 14.9. The Morgan fingerprint density at radius 3 is 2.24 bits per heavy atom. The van der Waals surface area contributed by atoms with Crippen LogP contribution in [0.25, 0.3) is 0 Å². The minimum absolute atomic E-state index is 0.662. The van der Waals surface area contributed by atoms with Gasteiger partial charge in [-0.05, 0) is 49.4 Å². The third-order valence-electron chi connectivity index (χ3n) is 3.10. The lowest BCUT2D eigenvalue weighted by Gasteiger charge is -2.09. The van der Waals surface area contributed by atoms with Crippen LogP contribution < -0.4 is 14.8 Å². The molecule has 0 atom stereocenters. The summed E-state index contributed by atoms with van der Waals surface area (Å²) in [6.45, 7) is 4.25. The fourth-order valence-electron chi connectivity index (χ4n) is 2.09. The van der Waals surface area contributed by atoms with Gasteiger partial charge in [0.25, 0.3) is 0 Å². The van der Waals surface area contributed by atoms with Gasteiger partial charge in [-0.1, -0.05) is 24.3 Å². The lowest BCUT2D eigenvalue weighted by molar-refractivity contribution is 0.247. The number of nitrogens with one attached hydrogen (secondary N) is 1. The summed E-state index contributed by atoms with van der Waals surface area (Å²) in [7, 11) is 1.94. The molecular formula is C18H23NO2. The monoisotopic (exact) mass is 285 g/mol. The SMILES string of the molecule is CNCc1cccc(OCCCOc2cccc(C)c2)c1. The molecule has 0 aliphatic rings. The molecule has 0 radical (unpaired) electrons. The molecule has 0 bridgehead atoms. The largest absolute Gasteiger partial charge is 0.493 e. The van der Waals surface area contributed by atoms with Gasteiger partial charge in [0.15, 0.2) is 0 Å². The summed E-state index contributed by atoms with van der Waals surface area (Å²) in [5, 5.41) is 3.13. The van der Waals surface area contributed by atoms with Crippen molar-refractivity contribution in [3.63, 3.8) is 0 Å². The first-order valence-electron chi connectivity index (χ1n) is 7.34. The first-order chi connectivity index (χ1) is 10.3. The van der Waals surface area contributed by atoms with Gasteiger partial charge in [0, 0.05) is 13.0 Å². The zero-order valence-corrected chi connectivity index (χ0v) is 12.8. The molecule has 0 unspecified atom stereocenters.